The van der Waals surface area contributed by atoms with Gasteiger partial charge in [-0.3, -0.25) is 4.98 Å². The Morgan fingerprint density at radius 1 is 1.15 bits per heavy atom. The van der Waals surface area contributed by atoms with Gasteiger partial charge >= 0.3 is 0 Å². The molecule has 2 N–H and O–H groups in total. The molecule has 140 valence electrons. The summed E-state index contributed by atoms with van der Waals surface area (Å²) in [5.41, 5.74) is 0. The summed E-state index contributed by atoms with van der Waals surface area (Å²) < 4.78 is 17.4. The van der Waals surface area contributed by atoms with Crippen molar-refractivity contribution in [3.63, 3.8) is 0 Å². The number of benzene rings is 2. The molecule has 0 saturated heterocycles. The summed E-state index contributed by atoms with van der Waals surface area (Å²) in [5.74, 6) is 2.27. The zero-order valence-electron chi connectivity index (χ0n) is 14.9. The average molecular weight is 366 g/mol. The van der Waals surface area contributed by atoms with E-state index in [0.29, 0.717) is 19.7 Å². The van der Waals surface area contributed by atoms with Gasteiger partial charge in [0.05, 0.1) is 0 Å². The van der Waals surface area contributed by atoms with Crippen molar-refractivity contribution in [2.24, 2.45) is 0 Å². The number of rotatable bonds is 7. The van der Waals surface area contributed by atoms with Gasteiger partial charge in [-0.25, -0.2) is 0 Å². The number of nitrogens with zero attached hydrogens (tertiary/aromatic N) is 1. The van der Waals surface area contributed by atoms with Gasteiger partial charge in [0.1, 0.15) is 31.2 Å². The molecule has 1 unspecified atom stereocenters. The average Bonchev–Trinajstić information content (AvgIpc) is 2.72. The Morgan fingerprint density at radius 2 is 2.04 bits per heavy atom. The minimum absolute atomic E-state index is 0.0846. The maximum absolute atomic E-state index is 10.2. The summed E-state index contributed by atoms with van der Waals surface area (Å²) in [5, 5.41) is 15.4. The van der Waals surface area contributed by atoms with Crippen molar-refractivity contribution in [2.75, 3.05) is 26.3 Å². The largest absolute Gasteiger partial charge is 0.490 e. The summed E-state index contributed by atoms with van der Waals surface area (Å²) in [6, 6.07) is 15.3. The van der Waals surface area contributed by atoms with Gasteiger partial charge in [-0.15, -0.1) is 0 Å². The first-order valence-corrected chi connectivity index (χ1v) is 9.02. The summed E-state index contributed by atoms with van der Waals surface area (Å²) in [6.07, 6.45) is 2.82. The maximum Gasteiger partial charge on any atom is 0.161 e. The fourth-order valence-corrected chi connectivity index (χ4v) is 3.04. The number of nitrogens with one attached hydrogen (secondary N) is 1. The first kappa shape index (κ1) is 17.6. The normalized spacial score (nSPS) is 16.9. The third kappa shape index (κ3) is 4.30. The fourth-order valence-electron chi connectivity index (χ4n) is 3.04. The standard InChI is InChI=1S/C21H22N2O4/c24-16(13-25-19-7-3-4-15-10-22-9-8-18(15)19)11-23-12-17-14-26-20-5-1-2-6-21(20)27-17/h1-10,16-17,23-24H,11-14H2/t16-,17?/m0/s1. The lowest BCUT2D eigenvalue weighted by atomic mass is 10.1. The van der Waals surface area contributed by atoms with Crippen LogP contribution < -0.4 is 19.5 Å². The van der Waals surface area contributed by atoms with Gasteiger partial charge in [0.25, 0.3) is 0 Å². The highest BCUT2D eigenvalue weighted by atomic mass is 16.6. The lowest BCUT2D eigenvalue weighted by molar-refractivity contribution is 0.0780. The fraction of sp³-hybridized carbons (Fsp3) is 0.286. The van der Waals surface area contributed by atoms with Crippen LogP contribution in [-0.2, 0) is 0 Å². The molecule has 3 aromatic rings. The smallest absolute Gasteiger partial charge is 0.161 e. The number of hydrogen-bond acceptors (Lipinski definition) is 6. The molecule has 6 heteroatoms. The van der Waals surface area contributed by atoms with E-state index in [9.17, 15) is 5.11 Å². The van der Waals surface area contributed by atoms with E-state index in [2.05, 4.69) is 10.3 Å². The van der Waals surface area contributed by atoms with Crippen LogP contribution in [0.2, 0.25) is 0 Å². The zero-order chi connectivity index (χ0) is 18.5. The summed E-state index contributed by atoms with van der Waals surface area (Å²) in [6.45, 7) is 1.69. The number of aliphatic hydroxyl groups is 1. The van der Waals surface area contributed by atoms with Crippen molar-refractivity contribution < 1.29 is 19.3 Å². The number of aliphatic hydroxyl groups excluding tert-OH is 1. The van der Waals surface area contributed by atoms with Gasteiger partial charge in [0.15, 0.2) is 11.5 Å². The number of hydrogen-bond donors (Lipinski definition) is 2. The number of fused-ring (bicyclic) bond motifs is 2. The molecule has 1 aliphatic rings. The molecule has 4 rings (SSSR count). The Kier molecular flexibility index (Phi) is 5.37. The first-order valence-electron chi connectivity index (χ1n) is 9.02. The van der Waals surface area contributed by atoms with Crippen molar-refractivity contribution in [3.05, 3.63) is 60.9 Å². The van der Waals surface area contributed by atoms with Crippen molar-refractivity contribution in [3.8, 4) is 17.2 Å². The van der Waals surface area contributed by atoms with E-state index in [1.165, 1.54) is 0 Å². The van der Waals surface area contributed by atoms with Crippen LogP contribution in [0.15, 0.2) is 60.9 Å². The Bertz CT molecular complexity index is 897. The molecule has 2 aromatic carbocycles. The summed E-state index contributed by atoms with van der Waals surface area (Å²) in [4.78, 5) is 4.11. The molecule has 0 radical (unpaired) electrons. The minimum atomic E-state index is -0.626. The van der Waals surface area contributed by atoms with Crippen molar-refractivity contribution in [2.45, 2.75) is 12.2 Å². The maximum atomic E-state index is 10.2. The van der Waals surface area contributed by atoms with Crippen LogP contribution >= 0.6 is 0 Å². The van der Waals surface area contributed by atoms with Crippen molar-refractivity contribution in [1.82, 2.24) is 10.3 Å². The molecule has 0 bridgehead atoms. The van der Waals surface area contributed by atoms with Crippen molar-refractivity contribution in [1.29, 1.82) is 0 Å². The second-order valence-corrected chi connectivity index (χ2v) is 6.47. The predicted octanol–water partition coefficient (Wildman–Crippen LogP) is 2.40. The number of pyridine rings is 1. The quantitative estimate of drug-likeness (QED) is 0.669. The Hall–Kier alpha value is -2.83. The van der Waals surface area contributed by atoms with Gasteiger partial charge in [0.2, 0.25) is 0 Å². The molecule has 6 nitrogen and oxygen atoms in total. The molecular formula is C21H22N2O4. The second kappa shape index (κ2) is 8.24. The molecule has 27 heavy (non-hydrogen) atoms. The van der Waals surface area contributed by atoms with E-state index in [0.717, 1.165) is 28.0 Å². The number of para-hydroxylation sites is 2. The molecular weight excluding hydrogens is 344 g/mol. The molecule has 0 saturated carbocycles. The predicted molar refractivity (Wildman–Crippen MR) is 102 cm³/mol. The van der Waals surface area contributed by atoms with E-state index in [1.807, 2.05) is 48.5 Å². The van der Waals surface area contributed by atoms with Crippen LogP contribution in [0.3, 0.4) is 0 Å². The third-order valence-corrected chi connectivity index (χ3v) is 4.39. The Balaban J connectivity index is 1.23. The van der Waals surface area contributed by atoms with Crippen LogP contribution in [0, 0.1) is 0 Å². The van der Waals surface area contributed by atoms with Gasteiger partial charge < -0.3 is 24.6 Å². The van der Waals surface area contributed by atoms with Gasteiger partial charge in [0, 0.05) is 36.3 Å². The van der Waals surface area contributed by atoms with E-state index in [1.54, 1.807) is 12.4 Å². The lowest BCUT2D eigenvalue weighted by Gasteiger charge is -2.27. The monoisotopic (exact) mass is 366 g/mol. The summed E-state index contributed by atoms with van der Waals surface area (Å²) >= 11 is 0. The highest BCUT2D eigenvalue weighted by molar-refractivity contribution is 5.87. The van der Waals surface area contributed by atoms with E-state index < -0.39 is 6.10 Å². The van der Waals surface area contributed by atoms with Gasteiger partial charge in [-0.2, -0.15) is 0 Å². The number of aromatic nitrogens is 1. The molecule has 0 aliphatic carbocycles. The Labute approximate surface area is 157 Å². The molecule has 2 heterocycles. The molecule has 1 aromatic heterocycles. The molecule has 2 atom stereocenters. The summed E-state index contributed by atoms with van der Waals surface area (Å²) in [7, 11) is 0. The van der Waals surface area contributed by atoms with Gasteiger partial charge in [-0.05, 0) is 24.3 Å². The van der Waals surface area contributed by atoms with Crippen molar-refractivity contribution >= 4 is 10.8 Å². The van der Waals surface area contributed by atoms with Crippen LogP contribution in [0.25, 0.3) is 10.8 Å². The van der Waals surface area contributed by atoms with Crippen LogP contribution in [-0.4, -0.2) is 48.6 Å². The molecule has 1 aliphatic heterocycles. The Morgan fingerprint density at radius 3 is 2.96 bits per heavy atom. The molecule has 0 fully saturated rings. The highest BCUT2D eigenvalue weighted by Crippen LogP contribution is 2.30. The highest BCUT2D eigenvalue weighted by Gasteiger charge is 2.20. The van der Waals surface area contributed by atoms with Crippen LogP contribution in [0.4, 0.5) is 0 Å². The topological polar surface area (TPSA) is 72.8 Å². The molecule has 0 spiro atoms. The van der Waals surface area contributed by atoms with Crippen LogP contribution in [0.5, 0.6) is 17.2 Å². The SMILES string of the molecule is O[C@@H](CNCC1COc2ccccc2O1)COc1cccc2cnccc12. The van der Waals surface area contributed by atoms with Gasteiger partial charge in [-0.1, -0.05) is 24.3 Å². The number of ether oxygens (including phenoxy) is 3. The molecule has 0 amide bonds. The zero-order valence-corrected chi connectivity index (χ0v) is 14.9. The minimum Gasteiger partial charge on any atom is -0.490 e. The first-order chi connectivity index (χ1) is 13.3. The van der Waals surface area contributed by atoms with E-state index in [4.69, 9.17) is 14.2 Å². The third-order valence-electron chi connectivity index (χ3n) is 4.39. The van der Waals surface area contributed by atoms with E-state index >= 15 is 0 Å². The second-order valence-electron chi connectivity index (χ2n) is 6.47. The lowest BCUT2D eigenvalue weighted by Crippen LogP contribution is -2.41. The van der Waals surface area contributed by atoms with E-state index in [-0.39, 0.29) is 12.7 Å². The van der Waals surface area contributed by atoms with Crippen LogP contribution in [0.1, 0.15) is 0 Å².